The number of benzene rings is 2. The molecule has 0 bridgehead atoms. The van der Waals surface area contributed by atoms with E-state index in [0.717, 1.165) is 11.0 Å². The summed E-state index contributed by atoms with van der Waals surface area (Å²) in [5.74, 6) is 0.420. The van der Waals surface area contributed by atoms with Gasteiger partial charge in [0.1, 0.15) is 11.3 Å². The zero-order valence-electron chi connectivity index (χ0n) is 14.8. The van der Waals surface area contributed by atoms with Gasteiger partial charge in [-0.25, -0.2) is 0 Å². The van der Waals surface area contributed by atoms with Crippen LogP contribution in [0.4, 0.5) is 0 Å². The summed E-state index contributed by atoms with van der Waals surface area (Å²) >= 11 is 5.14. The Morgan fingerprint density at radius 2 is 2.00 bits per heavy atom. The maximum atomic E-state index is 12.6. The molecule has 0 spiro atoms. The smallest absolute Gasteiger partial charge is 0.261 e. The molecular formula is C20H17N3O3S. The van der Waals surface area contributed by atoms with E-state index < -0.39 is 0 Å². The van der Waals surface area contributed by atoms with Gasteiger partial charge in [-0.05, 0) is 49.5 Å². The van der Waals surface area contributed by atoms with Crippen molar-refractivity contribution in [3.05, 3.63) is 75.0 Å². The number of carbonyl (C=O) groups is 1. The number of aromatic amines is 1. The number of carbonyl (C=O) groups excluding carboxylic acids is 1. The van der Waals surface area contributed by atoms with Gasteiger partial charge in [-0.3, -0.25) is 14.2 Å². The minimum atomic E-state index is -0.303. The van der Waals surface area contributed by atoms with Crippen molar-refractivity contribution < 1.29 is 9.21 Å². The molecule has 6 nitrogen and oxygen atoms in total. The molecule has 0 aliphatic heterocycles. The molecule has 4 aromatic rings. The summed E-state index contributed by atoms with van der Waals surface area (Å²) < 4.78 is 7.47. The van der Waals surface area contributed by atoms with Gasteiger partial charge in [0.15, 0.2) is 4.77 Å². The standard InChI is InChI=1S/C20H17N3O3S/c1-11(17-10-12-5-3-4-6-16(12)26-17)21-18(24)13-7-8-14-15(9-13)22-20(27)23(2)19(14)25/h3-11H,1-2H3,(H,21,24)(H,22,27)/t11-/m1/s1. The summed E-state index contributed by atoms with van der Waals surface area (Å²) in [4.78, 5) is 27.9. The fourth-order valence-corrected chi connectivity index (χ4v) is 3.21. The van der Waals surface area contributed by atoms with Gasteiger partial charge in [0.2, 0.25) is 0 Å². The number of H-pyrrole nitrogens is 1. The Labute approximate surface area is 159 Å². The minimum Gasteiger partial charge on any atom is -0.459 e. The summed E-state index contributed by atoms with van der Waals surface area (Å²) in [7, 11) is 1.61. The zero-order chi connectivity index (χ0) is 19.1. The third kappa shape index (κ3) is 3.06. The van der Waals surface area contributed by atoms with Crippen LogP contribution in [-0.4, -0.2) is 15.5 Å². The van der Waals surface area contributed by atoms with Crippen LogP contribution in [0.15, 0.2) is 57.7 Å². The van der Waals surface area contributed by atoms with Crippen LogP contribution in [0.25, 0.3) is 21.9 Å². The highest BCUT2D eigenvalue weighted by Crippen LogP contribution is 2.24. The predicted octanol–water partition coefficient (Wildman–Crippen LogP) is 3.83. The van der Waals surface area contributed by atoms with E-state index in [1.807, 2.05) is 37.3 Å². The maximum absolute atomic E-state index is 12.6. The second kappa shape index (κ2) is 6.51. The molecule has 136 valence electrons. The van der Waals surface area contributed by atoms with Crippen molar-refractivity contribution in [2.75, 3.05) is 0 Å². The third-order valence-electron chi connectivity index (χ3n) is 4.58. The first-order valence-electron chi connectivity index (χ1n) is 8.46. The molecule has 0 radical (unpaired) electrons. The molecule has 27 heavy (non-hydrogen) atoms. The van der Waals surface area contributed by atoms with Gasteiger partial charge in [-0.1, -0.05) is 18.2 Å². The summed E-state index contributed by atoms with van der Waals surface area (Å²) in [6, 6.07) is 14.2. The molecule has 2 heterocycles. The van der Waals surface area contributed by atoms with E-state index in [-0.39, 0.29) is 17.5 Å². The summed E-state index contributed by atoms with van der Waals surface area (Å²) in [5, 5.41) is 4.39. The Hall–Kier alpha value is -3.19. The van der Waals surface area contributed by atoms with E-state index in [1.165, 1.54) is 4.57 Å². The Morgan fingerprint density at radius 1 is 1.22 bits per heavy atom. The summed E-state index contributed by atoms with van der Waals surface area (Å²) in [6.07, 6.45) is 0. The largest absolute Gasteiger partial charge is 0.459 e. The molecule has 0 aliphatic carbocycles. The van der Waals surface area contributed by atoms with Crippen LogP contribution in [0.5, 0.6) is 0 Å². The van der Waals surface area contributed by atoms with Gasteiger partial charge in [-0.2, -0.15) is 0 Å². The van der Waals surface area contributed by atoms with Crippen molar-refractivity contribution in [2.24, 2.45) is 7.05 Å². The molecule has 1 amide bonds. The summed E-state index contributed by atoms with van der Waals surface area (Å²) in [6.45, 7) is 1.86. The first-order chi connectivity index (χ1) is 12.9. The van der Waals surface area contributed by atoms with Crippen molar-refractivity contribution in [1.29, 1.82) is 0 Å². The van der Waals surface area contributed by atoms with Gasteiger partial charge in [-0.15, -0.1) is 0 Å². The van der Waals surface area contributed by atoms with Gasteiger partial charge in [0, 0.05) is 18.0 Å². The second-order valence-corrected chi connectivity index (χ2v) is 6.82. The molecule has 1 atom stereocenters. The van der Waals surface area contributed by atoms with E-state index in [1.54, 1.807) is 25.2 Å². The number of aromatic nitrogens is 2. The molecule has 2 aromatic carbocycles. The Bertz CT molecular complexity index is 1270. The van der Waals surface area contributed by atoms with Crippen LogP contribution in [0.3, 0.4) is 0 Å². The fraction of sp³-hybridized carbons (Fsp3) is 0.150. The Balaban J connectivity index is 1.63. The van der Waals surface area contributed by atoms with Crippen LogP contribution in [0, 0.1) is 4.77 Å². The Morgan fingerprint density at radius 3 is 2.78 bits per heavy atom. The van der Waals surface area contributed by atoms with E-state index in [4.69, 9.17) is 16.6 Å². The van der Waals surface area contributed by atoms with Gasteiger partial charge in [0.25, 0.3) is 11.5 Å². The highest BCUT2D eigenvalue weighted by atomic mass is 32.1. The monoisotopic (exact) mass is 379 g/mol. The molecule has 0 fully saturated rings. The van der Waals surface area contributed by atoms with E-state index in [9.17, 15) is 9.59 Å². The SMILES string of the molecule is C[C@@H](NC(=O)c1ccc2c(=O)n(C)c(=S)[nH]c2c1)c1cc2ccccc2o1. The lowest BCUT2D eigenvalue weighted by atomic mass is 10.1. The number of fused-ring (bicyclic) bond motifs is 2. The molecule has 0 saturated heterocycles. The van der Waals surface area contributed by atoms with Crippen LogP contribution < -0.4 is 10.9 Å². The van der Waals surface area contributed by atoms with Crippen molar-refractivity contribution in [1.82, 2.24) is 14.9 Å². The molecule has 4 rings (SSSR count). The van der Waals surface area contributed by atoms with Gasteiger partial charge >= 0.3 is 0 Å². The number of rotatable bonds is 3. The van der Waals surface area contributed by atoms with E-state index in [2.05, 4.69) is 10.3 Å². The number of para-hydroxylation sites is 1. The molecule has 2 N–H and O–H groups in total. The average molecular weight is 379 g/mol. The first-order valence-corrected chi connectivity index (χ1v) is 8.87. The lowest BCUT2D eigenvalue weighted by Crippen LogP contribution is -2.26. The van der Waals surface area contributed by atoms with Crippen LogP contribution in [0.1, 0.15) is 29.1 Å². The molecule has 0 unspecified atom stereocenters. The number of hydrogen-bond acceptors (Lipinski definition) is 4. The minimum absolute atomic E-state index is 0.198. The topological polar surface area (TPSA) is 80.0 Å². The quantitative estimate of drug-likeness (QED) is 0.530. The van der Waals surface area contributed by atoms with Crippen LogP contribution in [0.2, 0.25) is 0 Å². The van der Waals surface area contributed by atoms with Gasteiger partial charge < -0.3 is 14.7 Å². The highest BCUT2D eigenvalue weighted by Gasteiger charge is 2.16. The average Bonchev–Trinajstić information content (AvgIpc) is 3.10. The van der Waals surface area contributed by atoms with Crippen molar-refractivity contribution in [2.45, 2.75) is 13.0 Å². The second-order valence-electron chi connectivity index (χ2n) is 6.44. The Kier molecular flexibility index (Phi) is 4.16. The van der Waals surface area contributed by atoms with E-state index in [0.29, 0.717) is 27.0 Å². The van der Waals surface area contributed by atoms with Gasteiger partial charge in [0.05, 0.1) is 16.9 Å². The predicted molar refractivity (Wildman–Crippen MR) is 106 cm³/mol. The molecule has 2 aromatic heterocycles. The third-order valence-corrected chi connectivity index (χ3v) is 4.96. The summed E-state index contributed by atoms with van der Waals surface area (Å²) in [5.41, 5.74) is 1.55. The number of hydrogen-bond donors (Lipinski definition) is 2. The number of amides is 1. The van der Waals surface area contributed by atoms with E-state index >= 15 is 0 Å². The lowest BCUT2D eigenvalue weighted by Gasteiger charge is -2.12. The molecule has 0 saturated carbocycles. The van der Waals surface area contributed by atoms with Crippen molar-refractivity contribution >= 4 is 40.0 Å². The first kappa shape index (κ1) is 17.2. The van der Waals surface area contributed by atoms with Crippen molar-refractivity contribution in [3.8, 4) is 0 Å². The normalized spacial score (nSPS) is 12.4. The number of furan rings is 1. The molecular weight excluding hydrogens is 362 g/mol. The zero-order valence-corrected chi connectivity index (χ0v) is 15.6. The number of nitrogens with one attached hydrogen (secondary N) is 2. The lowest BCUT2D eigenvalue weighted by molar-refractivity contribution is 0.0936. The van der Waals surface area contributed by atoms with Crippen LogP contribution in [-0.2, 0) is 7.05 Å². The highest BCUT2D eigenvalue weighted by molar-refractivity contribution is 7.71. The molecule has 7 heteroatoms. The maximum Gasteiger partial charge on any atom is 0.261 e. The number of nitrogens with zero attached hydrogens (tertiary/aromatic N) is 1. The fourth-order valence-electron chi connectivity index (χ4n) is 3.01. The molecule has 0 aliphatic rings. The van der Waals surface area contributed by atoms with Crippen molar-refractivity contribution in [3.63, 3.8) is 0 Å². The van der Waals surface area contributed by atoms with Crippen LogP contribution >= 0.6 is 12.2 Å².